The molecule has 0 aromatic heterocycles. The van der Waals surface area contributed by atoms with E-state index in [4.69, 9.17) is 4.74 Å². The quantitative estimate of drug-likeness (QED) is 0.767. The molecule has 0 aliphatic heterocycles. The van der Waals surface area contributed by atoms with Crippen molar-refractivity contribution < 1.29 is 4.74 Å². The van der Waals surface area contributed by atoms with E-state index < -0.39 is 0 Å². The molecular weight excluding hydrogens is 220 g/mol. The number of ether oxygens (including phenoxy) is 1. The summed E-state index contributed by atoms with van der Waals surface area (Å²) in [5, 5.41) is 0. The van der Waals surface area contributed by atoms with Gasteiger partial charge in [-0.15, -0.1) is 0 Å². The highest BCUT2D eigenvalue weighted by molar-refractivity contribution is 5.31. The van der Waals surface area contributed by atoms with E-state index in [0.29, 0.717) is 6.61 Å². The van der Waals surface area contributed by atoms with Gasteiger partial charge >= 0.3 is 0 Å². The summed E-state index contributed by atoms with van der Waals surface area (Å²) in [7, 11) is 0. The third-order valence-corrected chi connectivity index (χ3v) is 3.23. The van der Waals surface area contributed by atoms with Gasteiger partial charge in [0.05, 0.1) is 0 Å². The number of aryl methyl sites for hydroxylation is 3. The second-order valence-corrected chi connectivity index (χ2v) is 4.72. The van der Waals surface area contributed by atoms with Crippen LogP contribution in [0, 0.1) is 13.8 Å². The second-order valence-electron chi connectivity index (χ2n) is 4.72. The van der Waals surface area contributed by atoms with Gasteiger partial charge in [0.15, 0.2) is 0 Å². The van der Waals surface area contributed by atoms with Gasteiger partial charge in [-0.3, -0.25) is 0 Å². The van der Waals surface area contributed by atoms with E-state index in [1.807, 2.05) is 12.1 Å². The number of benzene rings is 2. The van der Waals surface area contributed by atoms with Crippen molar-refractivity contribution in [2.75, 3.05) is 0 Å². The molecule has 1 heteroatoms. The Kier molecular flexibility index (Phi) is 4.03. The molecule has 94 valence electrons. The molecule has 0 amide bonds. The summed E-state index contributed by atoms with van der Waals surface area (Å²) in [6, 6.07) is 14.8. The summed E-state index contributed by atoms with van der Waals surface area (Å²) in [5.41, 5.74) is 5.16. The maximum absolute atomic E-state index is 5.83. The molecule has 2 aromatic rings. The fourth-order valence-electron chi connectivity index (χ4n) is 1.94. The van der Waals surface area contributed by atoms with Crippen LogP contribution in [0.3, 0.4) is 0 Å². The first-order chi connectivity index (χ1) is 8.69. The van der Waals surface area contributed by atoms with E-state index in [-0.39, 0.29) is 0 Å². The Morgan fingerprint density at radius 2 is 1.67 bits per heavy atom. The highest BCUT2D eigenvalue weighted by Gasteiger charge is 2.00. The van der Waals surface area contributed by atoms with Gasteiger partial charge in [-0.2, -0.15) is 0 Å². The first-order valence-electron chi connectivity index (χ1n) is 6.47. The summed E-state index contributed by atoms with van der Waals surface area (Å²) in [5.74, 6) is 0.938. The van der Waals surface area contributed by atoms with E-state index in [9.17, 15) is 0 Å². The van der Waals surface area contributed by atoms with E-state index in [1.54, 1.807) is 0 Å². The molecular formula is C17H20O. The Hall–Kier alpha value is -1.76. The van der Waals surface area contributed by atoms with Gasteiger partial charge in [0.1, 0.15) is 12.4 Å². The van der Waals surface area contributed by atoms with Crippen molar-refractivity contribution in [1.82, 2.24) is 0 Å². The molecule has 1 nitrogen and oxygen atoms in total. The molecule has 18 heavy (non-hydrogen) atoms. The fourth-order valence-corrected chi connectivity index (χ4v) is 1.94. The zero-order valence-electron chi connectivity index (χ0n) is 11.4. The monoisotopic (exact) mass is 240 g/mol. The third kappa shape index (κ3) is 3.13. The molecule has 0 saturated heterocycles. The van der Waals surface area contributed by atoms with Crippen LogP contribution in [0.4, 0.5) is 0 Å². The molecule has 0 unspecified atom stereocenters. The predicted molar refractivity (Wildman–Crippen MR) is 76.1 cm³/mol. The predicted octanol–water partition coefficient (Wildman–Crippen LogP) is 4.44. The van der Waals surface area contributed by atoms with Crippen molar-refractivity contribution in [2.45, 2.75) is 33.8 Å². The van der Waals surface area contributed by atoms with Gasteiger partial charge < -0.3 is 4.74 Å². The largest absolute Gasteiger partial charge is 0.489 e. The zero-order valence-corrected chi connectivity index (χ0v) is 11.4. The minimum absolute atomic E-state index is 0.638. The Bertz CT molecular complexity index is 512. The lowest BCUT2D eigenvalue weighted by Gasteiger charge is -2.10. The average Bonchev–Trinajstić information content (AvgIpc) is 2.40. The normalized spacial score (nSPS) is 10.4. The fraction of sp³-hybridized carbons (Fsp3) is 0.294. The number of hydrogen-bond acceptors (Lipinski definition) is 1. The van der Waals surface area contributed by atoms with Crippen LogP contribution in [0.1, 0.15) is 29.2 Å². The van der Waals surface area contributed by atoms with E-state index in [1.165, 1.54) is 22.3 Å². The van der Waals surface area contributed by atoms with Crippen LogP contribution < -0.4 is 4.74 Å². The van der Waals surface area contributed by atoms with Gasteiger partial charge in [0.25, 0.3) is 0 Å². The second kappa shape index (κ2) is 5.72. The van der Waals surface area contributed by atoms with Crippen LogP contribution in [0.25, 0.3) is 0 Å². The smallest absolute Gasteiger partial charge is 0.119 e. The standard InChI is InChI=1S/C17H20O/c1-4-15-7-9-17(10-8-15)18-12-16-11-13(2)5-6-14(16)3/h5-11H,4,12H2,1-3H3. The van der Waals surface area contributed by atoms with Gasteiger partial charge in [0, 0.05) is 0 Å². The highest BCUT2D eigenvalue weighted by atomic mass is 16.5. The van der Waals surface area contributed by atoms with Gasteiger partial charge in [-0.25, -0.2) is 0 Å². The number of hydrogen-bond donors (Lipinski definition) is 0. The van der Waals surface area contributed by atoms with Crippen LogP contribution in [-0.2, 0) is 13.0 Å². The Labute approximate surface area is 109 Å². The molecule has 0 aliphatic carbocycles. The van der Waals surface area contributed by atoms with Crippen molar-refractivity contribution >= 4 is 0 Å². The lowest BCUT2D eigenvalue weighted by atomic mass is 10.1. The summed E-state index contributed by atoms with van der Waals surface area (Å²) in [4.78, 5) is 0. The molecule has 0 spiro atoms. The van der Waals surface area contributed by atoms with Crippen LogP contribution in [-0.4, -0.2) is 0 Å². The van der Waals surface area contributed by atoms with Gasteiger partial charge in [-0.1, -0.05) is 42.8 Å². The first-order valence-corrected chi connectivity index (χ1v) is 6.47. The van der Waals surface area contributed by atoms with Crippen molar-refractivity contribution in [3.8, 4) is 5.75 Å². The summed E-state index contributed by atoms with van der Waals surface area (Å²) in [6.45, 7) is 7.03. The van der Waals surface area contributed by atoms with E-state index in [0.717, 1.165) is 12.2 Å². The Balaban J connectivity index is 2.04. The Morgan fingerprint density at radius 1 is 0.944 bits per heavy atom. The van der Waals surface area contributed by atoms with Crippen molar-refractivity contribution in [1.29, 1.82) is 0 Å². The number of rotatable bonds is 4. The maximum Gasteiger partial charge on any atom is 0.119 e. The Morgan fingerprint density at radius 3 is 2.33 bits per heavy atom. The molecule has 0 aliphatic rings. The summed E-state index contributed by atoms with van der Waals surface area (Å²) >= 11 is 0. The summed E-state index contributed by atoms with van der Waals surface area (Å²) in [6.07, 6.45) is 1.07. The molecule has 2 rings (SSSR count). The molecule has 0 radical (unpaired) electrons. The lowest BCUT2D eigenvalue weighted by molar-refractivity contribution is 0.305. The van der Waals surface area contributed by atoms with Crippen molar-refractivity contribution in [2.24, 2.45) is 0 Å². The van der Waals surface area contributed by atoms with E-state index >= 15 is 0 Å². The molecule has 0 saturated carbocycles. The zero-order chi connectivity index (χ0) is 13.0. The van der Waals surface area contributed by atoms with Gasteiger partial charge in [-0.05, 0) is 49.1 Å². The molecule has 0 fully saturated rings. The van der Waals surface area contributed by atoms with Crippen LogP contribution >= 0.6 is 0 Å². The molecule has 0 N–H and O–H groups in total. The first kappa shape index (κ1) is 12.7. The molecule has 0 atom stereocenters. The van der Waals surface area contributed by atoms with E-state index in [2.05, 4.69) is 51.1 Å². The van der Waals surface area contributed by atoms with Gasteiger partial charge in [0.2, 0.25) is 0 Å². The minimum Gasteiger partial charge on any atom is -0.489 e. The molecule has 2 aromatic carbocycles. The maximum atomic E-state index is 5.83. The third-order valence-electron chi connectivity index (χ3n) is 3.23. The van der Waals surface area contributed by atoms with Crippen LogP contribution in [0.15, 0.2) is 42.5 Å². The molecule has 0 heterocycles. The SMILES string of the molecule is CCc1ccc(OCc2cc(C)ccc2C)cc1. The lowest BCUT2D eigenvalue weighted by Crippen LogP contribution is -1.98. The van der Waals surface area contributed by atoms with Crippen LogP contribution in [0.5, 0.6) is 5.75 Å². The average molecular weight is 240 g/mol. The summed E-state index contributed by atoms with van der Waals surface area (Å²) < 4.78 is 5.83. The molecule has 0 bridgehead atoms. The topological polar surface area (TPSA) is 9.23 Å². The highest BCUT2D eigenvalue weighted by Crippen LogP contribution is 2.17. The van der Waals surface area contributed by atoms with Crippen LogP contribution in [0.2, 0.25) is 0 Å². The minimum atomic E-state index is 0.638. The van der Waals surface area contributed by atoms with Crippen molar-refractivity contribution in [3.05, 3.63) is 64.7 Å². The van der Waals surface area contributed by atoms with Crippen molar-refractivity contribution in [3.63, 3.8) is 0 Å².